The Hall–Kier alpha value is -2.67. The topological polar surface area (TPSA) is 85.1 Å². The molecule has 4 N–H and O–H groups in total. The molecule has 3 heterocycles. The second kappa shape index (κ2) is 7.15. The van der Waals surface area contributed by atoms with Crippen LogP contribution in [0.4, 0.5) is 21.7 Å². The van der Waals surface area contributed by atoms with Crippen LogP contribution < -0.4 is 21.1 Å². The van der Waals surface area contributed by atoms with E-state index < -0.39 is 5.82 Å². The Balaban J connectivity index is 1.76. The molecule has 6 nitrogen and oxygen atoms in total. The summed E-state index contributed by atoms with van der Waals surface area (Å²) in [5.74, 6) is 0.917. The molecule has 0 bridgehead atoms. The molecule has 0 spiro atoms. The van der Waals surface area contributed by atoms with Gasteiger partial charge in [0.05, 0.1) is 17.9 Å². The number of halogens is 1. The first-order valence-corrected chi connectivity index (χ1v) is 9.28. The van der Waals surface area contributed by atoms with Crippen molar-refractivity contribution in [1.29, 1.82) is 0 Å². The van der Waals surface area contributed by atoms with E-state index in [1.54, 1.807) is 0 Å². The first kappa shape index (κ1) is 17.7. The third kappa shape index (κ3) is 3.47. The molecule has 2 aromatic rings. The molecule has 0 fully saturated rings. The Labute approximate surface area is 158 Å². The molecule has 1 unspecified atom stereocenters. The summed E-state index contributed by atoms with van der Waals surface area (Å²) in [6.45, 7) is 2.42. The third-order valence-corrected chi connectivity index (χ3v) is 5.01. The number of hydrogen-bond donors (Lipinski definition) is 3. The fourth-order valence-corrected chi connectivity index (χ4v) is 3.62. The number of aryl methyl sites for hydroxylation is 1. The normalized spacial score (nSPS) is 18.5. The fraction of sp³-hybridized carbons (Fsp3) is 0.400. The number of nitrogens with zero attached hydrogens (tertiary/aromatic N) is 2. The smallest absolute Gasteiger partial charge is 0.177 e. The molecular weight excluding hydrogens is 345 g/mol. The van der Waals surface area contributed by atoms with E-state index in [0.29, 0.717) is 30.2 Å². The molecule has 1 aliphatic heterocycles. The maximum Gasteiger partial charge on any atom is 0.177 e. The van der Waals surface area contributed by atoms with Gasteiger partial charge in [-0.1, -0.05) is 6.08 Å². The molecule has 2 aliphatic rings. The number of hydrogen-bond acceptors (Lipinski definition) is 6. The molecule has 142 valence electrons. The molecule has 1 aliphatic carbocycles. The molecule has 0 radical (unpaired) electrons. The molecule has 0 saturated carbocycles. The van der Waals surface area contributed by atoms with Crippen LogP contribution in [-0.2, 0) is 6.42 Å². The maximum atomic E-state index is 15.5. The number of ether oxygens (including phenoxy) is 1. The van der Waals surface area contributed by atoms with Gasteiger partial charge in [-0.25, -0.2) is 14.4 Å². The summed E-state index contributed by atoms with van der Waals surface area (Å²) in [6.07, 6.45) is 5.04. The lowest BCUT2D eigenvalue weighted by Crippen LogP contribution is -2.21. The van der Waals surface area contributed by atoms with Gasteiger partial charge in [0.25, 0.3) is 0 Å². The quantitative estimate of drug-likeness (QED) is 0.764. The van der Waals surface area contributed by atoms with Gasteiger partial charge in [-0.3, -0.25) is 0 Å². The van der Waals surface area contributed by atoms with E-state index in [0.717, 1.165) is 41.9 Å². The van der Waals surface area contributed by atoms with E-state index in [-0.39, 0.29) is 11.9 Å². The van der Waals surface area contributed by atoms with Crippen LogP contribution in [0.15, 0.2) is 18.2 Å². The lowest BCUT2D eigenvalue weighted by Gasteiger charge is -2.21. The van der Waals surface area contributed by atoms with Gasteiger partial charge in [0.1, 0.15) is 5.82 Å². The largest absolute Gasteiger partial charge is 0.491 e. The summed E-state index contributed by atoms with van der Waals surface area (Å²) in [5.41, 5.74) is 9.98. The van der Waals surface area contributed by atoms with Crippen molar-refractivity contribution < 1.29 is 9.13 Å². The van der Waals surface area contributed by atoms with Gasteiger partial charge in [0.2, 0.25) is 0 Å². The van der Waals surface area contributed by atoms with Gasteiger partial charge in [-0.05, 0) is 37.8 Å². The number of pyridine rings is 2. The zero-order valence-corrected chi connectivity index (χ0v) is 15.6. The minimum Gasteiger partial charge on any atom is -0.491 e. The molecule has 27 heavy (non-hydrogen) atoms. The van der Waals surface area contributed by atoms with E-state index in [1.165, 1.54) is 0 Å². The van der Waals surface area contributed by atoms with Crippen LogP contribution in [-0.4, -0.2) is 29.7 Å². The minimum atomic E-state index is -0.397. The zero-order chi connectivity index (χ0) is 19.0. The highest BCUT2D eigenvalue weighted by Crippen LogP contribution is 2.41. The Morgan fingerprint density at radius 2 is 2.11 bits per heavy atom. The van der Waals surface area contributed by atoms with Crippen LogP contribution in [0.1, 0.15) is 36.2 Å². The average Bonchev–Trinajstić information content (AvgIpc) is 3.11. The number of nitrogens with one attached hydrogen (secondary N) is 2. The highest BCUT2D eigenvalue weighted by Gasteiger charge is 2.28. The van der Waals surface area contributed by atoms with Crippen molar-refractivity contribution >= 4 is 22.9 Å². The number of nitrogens with two attached hydrogens (primary N) is 1. The van der Waals surface area contributed by atoms with Gasteiger partial charge >= 0.3 is 0 Å². The molecule has 1 atom stereocenters. The second-order valence-corrected chi connectivity index (χ2v) is 7.04. The Morgan fingerprint density at radius 1 is 1.26 bits per heavy atom. The van der Waals surface area contributed by atoms with Gasteiger partial charge < -0.3 is 21.1 Å². The Bertz CT molecular complexity index is 912. The number of allylic oxidation sites excluding steroid dienone is 1. The number of anilines is 3. The van der Waals surface area contributed by atoms with Gasteiger partial charge in [0, 0.05) is 37.0 Å². The van der Waals surface area contributed by atoms with Crippen LogP contribution in [0.3, 0.4) is 0 Å². The van der Waals surface area contributed by atoms with Crippen LogP contribution in [0, 0.1) is 12.7 Å². The van der Waals surface area contributed by atoms with Crippen molar-refractivity contribution in [1.82, 2.24) is 9.97 Å². The molecule has 0 aromatic carbocycles. The molecule has 4 rings (SSSR count). The Kier molecular flexibility index (Phi) is 4.70. The van der Waals surface area contributed by atoms with Crippen molar-refractivity contribution in [3.05, 3.63) is 41.0 Å². The minimum absolute atomic E-state index is 0.140. The van der Waals surface area contributed by atoms with Crippen LogP contribution >= 0.6 is 0 Å². The van der Waals surface area contributed by atoms with E-state index >= 15 is 4.39 Å². The first-order chi connectivity index (χ1) is 13.0. The number of rotatable bonds is 4. The summed E-state index contributed by atoms with van der Waals surface area (Å²) >= 11 is 0. The summed E-state index contributed by atoms with van der Waals surface area (Å²) in [6, 6.07) is 3.89. The average molecular weight is 369 g/mol. The molecule has 7 heteroatoms. The van der Waals surface area contributed by atoms with Crippen molar-refractivity contribution in [2.24, 2.45) is 5.73 Å². The predicted octanol–water partition coefficient (Wildman–Crippen LogP) is 3.54. The van der Waals surface area contributed by atoms with Crippen LogP contribution in [0.2, 0.25) is 0 Å². The van der Waals surface area contributed by atoms with Crippen molar-refractivity contribution in [3.8, 4) is 5.75 Å². The van der Waals surface area contributed by atoms with Gasteiger partial charge in [0.15, 0.2) is 17.4 Å². The number of aromatic nitrogens is 2. The van der Waals surface area contributed by atoms with Crippen LogP contribution in [0.25, 0.3) is 5.57 Å². The van der Waals surface area contributed by atoms with E-state index in [2.05, 4.69) is 20.6 Å². The zero-order valence-electron chi connectivity index (χ0n) is 15.6. The first-order valence-electron chi connectivity index (χ1n) is 9.28. The van der Waals surface area contributed by atoms with E-state index in [9.17, 15) is 0 Å². The summed E-state index contributed by atoms with van der Waals surface area (Å²) in [4.78, 5) is 8.92. The molecule has 0 amide bonds. The van der Waals surface area contributed by atoms with Crippen molar-refractivity contribution in [2.75, 3.05) is 24.3 Å². The van der Waals surface area contributed by atoms with Gasteiger partial charge in [-0.15, -0.1) is 0 Å². The predicted molar refractivity (Wildman–Crippen MR) is 105 cm³/mol. The fourth-order valence-electron chi connectivity index (χ4n) is 3.62. The highest BCUT2D eigenvalue weighted by molar-refractivity contribution is 5.76. The van der Waals surface area contributed by atoms with Crippen molar-refractivity contribution in [2.45, 2.75) is 38.6 Å². The molecule has 2 aromatic heterocycles. The van der Waals surface area contributed by atoms with Gasteiger partial charge in [-0.2, -0.15) is 0 Å². The van der Waals surface area contributed by atoms with E-state index in [4.69, 9.17) is 10.5 Å². The van der Waals surface area contributed by atoms with Crippen LogP contribution in [0.5, 0.6) is 5.75 Å². The SMILES string of the molecule is CNc1cc(C)nc(Nc2nc3c(c(C4=CCC(N)CC4)c2F)OCC3)c1. The maximum absolute atomic E-state index is 15.5. The summed E-state index contributed by atoms with van der Waals surface area (Å²) in [5, 5.41) is 6.14. The van der Waals surface area contributed by atoms with Crippen molar-refractivity contribution in [3.63, 3.8) is 0 Å². The molecule has 0 saturated heterocycles. The van der Waals surface area contributed by atoms with E-state index in [1.807, 2.05) is 32.2 Å². The molecular formula is C20H24FN5O. The Morgan fingerprint density at radius 3 is 2.85 bits per heavy atom. The second-order valence-electron chi connectivity index (χ2n) is 7.04. The highest BCUT2D eigenvalue weighted by atomic mass is 19.1. The number of fused-ring (bicyclic) bond motifs is 1. The monoisotopic (exact) mass is 369 g/mol. The third-order valence-electron chi connectivity index (χ3n) is 5.01. The standard InChI is InChI=1S/C20H24FN5O/c1-11-9-14(23-2)10-16(24-11)26-20-18(21)17(12-3-5-13(22)6-4-12)19-15(25-20)7-8-27-19/h3,9-10,13H,4-8,22H2,1-2H3,(H2,23,24,25,26). The lowest BCUT2D eigenvalue weighted by atomic mass is 9.90. The summed E-state index contributed by atoms with van der Waals surface area (Å²) in [7, 11) is 1.84. The summed E-state index contributed by atoms with van der Waals surface area (Å²) < 4.78 is 21.2. The lowest BCUT2D eigenvalue weighted by molar-refractivity contribution is 0.354.